The Bertz CT molecular complexity index is 1400. The predicted octanol–water partition coefficient (Wildman–Crippen LogP) is 5.49. The average Bonchev–Trinajstić information content (AvgIpc) is 3.37. The molecule has 0 saturated carbocycles. The van der Waals surface area contributed by atoms with E-state index < -0.39 is 0 Å². The molecular weight excluding hydrogens is 410 g/mol. The molecule has 0 atom stereocenters. The lowest BCUT2D eigenvalue weighted by molar-refractivity contribution is 0.102. The quantitative estimate of drug-likeness (QED) is 0.401. The molecule has 7 heteroatoms. The minimum Gasteiger partial charge on any atom is -0.497 e. The highest BCUT2D eigenvalue weighted by molar-refractivity contribution is 7.23. The molecule has 2 aromatic heterocycles. The topological polar surface area (TPSA) is 64.9 Å². The number of hydrogen-bond acceptors (Lipinski definition) is 5. The maximum absolute atomic E-state index is 12.7. The molecule has 1 amide bonds. The van der Waals surface area contributed by atoms with Crippen molar-refractivity contribution in [2.75, 3.05) is 19.5 Å². The van der Waals surface area contributed by atoms with Crippen molar-refractivity contribution in [1.82, 2.24) is 9.38 Å². The van der Waals surface area contributed by atoms with Crippen molar-refractivity contribution < 1.29 is 14.3 Å². The zero-order valence-electron chi connectivity index (χ0n) is 17.0. The van der Waals surface area contributed by atoms with Crippen molar-refractivity contribution in [3.05, 3.63) is 78.5 Å². The normalized spacial score (nSPS) is 11.0. The maximum atomic E-state index is 12.7. The number of carbonyl (C=O) groups excluding carboxylic acids is 1. The van der Waals surface area contributed by atoms with E-state index in [1.807, 2.05) is 66.9 Å². The number of benzene rings is 3. The summed E-state index contributed by atoms with van der Waals surface area (Å²) < 4.78 is 13.5. The molecule has 0 aliphatic heterocycles. The van der Waals surface area contributed by atoms with E-state index in [1.165, 1.54) is 0 Å². The average molecular weight is 430 g/mol. The molecule has 0 saturated heterocycles. The minimum absolute atomic E-state index is 0.167. The molecule has 0 aliphatic rings. The first-order valence-electron chi connectivity index (χ1n) is 9.66. The van der Waals surface area contributed by atoms with Crippen LogP contribution in [0.25, 0.3) is 26.4 Å². The largest absolute Gasteiger partial charge is 0.497 e. The van der Waals surface area contributed by atoms with Gasteiger partial charge in [-0.3, -0.25) is 9.20 Å². The number of fused-ring (bicyclic) bond motifs is 3. The van der Waals surface area contributed by atoms with Gasteiger partial charge in [-0.1, -0.05) is 17.4 Å². The van der Waals surface area contributed by atoms with Gasteiger partial charge in [-0.15, -0.1) is 0 Å². The van der Waals surface area contributed by atoms with Gasteiger partial charge in [-0.05, 0) is 54.6 Å². The van der Waals surface area contributed by atoms with Crippen LogP contribution < -0.4 is 14.8 Å². The molecular formula is C24H19N3O3S. The van der Waals surface area contributed by atoms with Crippen LogP contribution in [-0.2, 0) is 0 Å². The van der Waals surface area contributed by atoms with Gasteiger partial charge in [0.05, 0.1) is 30.1 Å². The zero-order valence-corrected chi connectivity index (χ0v) is 17.8. The summed E-state index contributed by atoms with van der Waals surface area (Å²) in [5, 5.41) is 2.92. The first-order valence-corrected chi connectivity index (χ1v) is 10.5. The number of imidazole rings is 1. The Hall–Kier alpha value is -3.84. The summed E-state index contributed by atoms with van der Waals surface area (Å²) in [5.74, 6) is 1.34. The fourth-order valence-corrected chi connectivity index (χ4v) is 4.49. The molecule has 6 nitrogen and oxygen atoms in total. The van der Waals surface area contributed by atoms with Gasteiger partial charge in [0.2, 0.25) is 0 Å². The van der Waals surface area contributed by atoms with Crippen molar-refractivity contribution in [2.24, 2.45) is 0 Å². The third-order valence-electron chi connectivity index (χ3n) is 5.07. The molecule has 0 fully saturated rings. The molecule has 0 aliphatic carbocycles. The lowest BCUT2D eigenvalue weighted by Gasteiger charge is -2.07. The molecule has 31 heavy (non-hydrogen) atoms. The first kappa shape index (κ1) is 19.1. The Kier molecular flexibility index (Phi) is 4.80. The second kappa shape index (κ2) is 7.77. The number of carbonyl (C=O) groups is 1. The number of methoxy groups -OCH3 is 2. The Labute approximate surface area is 182 Å². The molecule has 1 N–H and O–H groups in total. The van der Waals surface area contributed by atoms with Crippen LogP contribution in [0, 0.1) is 0 Å². The van der Waals surface area contributed by atoms with Gasteiger partial charge in [0.1, 0.15) is 11.5 Å². The van der Waals surface area contributed by atoms with Gasteiger partial charge >= 0.3 is 0 Å². The van der Waals surface area contributed by atoms with Crippen LogP contribution in [0.2, 0.25) is 0 Å². The van der Waals surface area contributed by atoms with E-state index in [4.69, 9.17) is 14.5 Å². The molecule has 0 radical (unpaired) electrons. The van der Waals surface area contributed by atoms with Crippen molar-refractivity contribution in [3.63, 3.8) is 0 Å². The van der Waals surface area contributed by atoms with Gasteiger partial charge in [0.25, 0.3) is 5.91 Å². The van der Waals surface area contributed by atoms with Crippen molar-refractivity contribution in [2.45, 2.75) is 0 Å². The standard InChI is InChI=1S/C24H19N3O3S/c1-29-18-9-6-15(7-10-18)20-14-27-21-11-8-16(12-22(21)31-24(27)26-20)23(28)25-17-4-3-5-19(13-17)30-2/h3-14H,1-2H3,(H,25,28). The number of aromatic nitrogens is 2. The van der Waals surface area contributed by atoms with Crippen molar-refractivity contribution >= 4 is 38.1 Å². The fraction of sp³-hybridized carbons (Fsp3) is 0.0833. The van der Waals surface area contributed by atoms with Crippen LogP contribution >= 0.6 is 11.3 Å². The number of nitrogens with one attached hydrogen (secondary N) is 1. The second-order valence-electron chi connectivity index (χ2n) is 6.98. The van der Waals surface area contributed by atoms with Gasteiger partial charge < -0.3 is 14.8 Å². The first-order chi connectivity index (χ1) is 15.1. The van der Waals surface area contributed by atoms with Gasteiger partial charge in [0.15, 0.2) is 4.96 Å². The fourth-order valence-electron chi connectivity index (χ4n) is 3.45. The zero-order chi connectivity index (χ0) is 21.4. The van der Waals surface area contributed by atoms with Gasteiger partial charge in [-0.25, -0.2) is 4.98 Å². The molecule has 3 aromatic carbocycles. The van der Waals surface area contributed by atoms with Crippen molar-refractivity contribution in [1.29, 1.82) is 0 Å². The minimum atomic E-state index is -0.167. The van der Waals surface area contributed by atoms with E-state index in [9.17, 15) is 4.79 Å². The summed E-state index contributed by atoms with van der Waals surface area (Å²) in [6.45, 7) is 0. The molecule has 5 rings (SSSR count). The van der Waals surface area contributed by atoms with E-state index in [2.05, 4.69) is 9.72 Å². The summed E-state index contributed by atoms with van der Waals surface area (Å²) in [6.07, 6.45) is 2.02. The van der Waals surface area contributed by atoms with Crippen LogP contribution in [0.3, 0.4) is 0 Å². The number of thiazole rings is 1. The second-order valence-corrected chi connectivity index (χ2v) is 7.99. The molecule has 5 aromatic rings. The summed E-state index contributed by atoms with van der Waals surface area (Å²) in [6, 6.07) is 20.8. The van der Waals surface area contributed by atoms with Gasteiger partial charge in [0, 0.05) is 29.1 Å². The van der Waals surface area contributed by atoms with Gasteiger partial charge in [-0.2, -0.15) is 0 Å². The van der Waals surface area contributed by atoms with E-state index >= 15 is 0 Å². The Balaban J connectivity index is 1.44. The van der Waals surface area contributed by atoms with Crippen LogP contribution in [0.4, 0.5) is 5.69 Å². The SMILES string of the molecule is COc1ccc(-c2cn3c(n2)sc2cc(C(=O)Nc4cccc(OC)c4)ccc23)cc1. The number of nitrogens with zero attached hydrogens (tertiary/aromatic N) is 2. The third-order valence-corrected chi connectivity index (χ3v) is 6.09. The molecule has 2 heterocycles. The Morgan fingerprint density at radius 3 is 2.55 bits per heavy atom. The lowest BCUT2D eigenvalue weighted by atomic mass is 10.1. The highest BCUT2D eigenvalue weighted by Crippen LogP contribution is 2.31. The number of amides is 1. The third kappa shape index (κ3) is 3.60. The van der Waals surface area contributed by atoms with Crippen LogP contribution in [0.15, 0.2) is 72.9 Å². The molecule has 0 spiro atoms. The molecule has 154 valence electrons. The Morgan fingerprint density at radius 1 is 0.968 bits per heavy atom. The Morgan fingerprint density at radius 2 is 1.77 bits per heavy atom. The lowest BCUT2D eigenvalue weighted by Crippen LogP contribution is -2.11. The number of hydrogen-bond donors (Lipinski definition) is 1. The number of anilines is 1. The predicted molar refractivity (Wildman–Crippen MR) is 124 cm³/mol. The highest BCUT2D eigenvalue weighted by atomic mass is 32.1. The molecule has 0 bridgehead atoms. The monoisotopic (exact) mass is 429 g/mol. The smallest absolute Gasteiger partial charge is 0.255 e. The number of rotatable bonds is 5. The number of ether oxygens (including phenoxy) is 2. The highest BCUT2D eigenvalue weighted by Gasteiger charge is 2.13. The summed E-state index contributed by atoms with van der Waals surface area (Å²) >= 11 is 1.56. The van der Waals surface area contributed by atoms with Crippen molar-refractivity contribution in [3.8, 4) is 22.8 Å². The maximum Gasteiger partial charge on any atom is 0.255 e. The van der Waals surface area contributed by atoms with E-state index in [1.54, 1.807) is 31.6 Å². The van der Waals surface area contributed by atoms with Crippen LogP contribution in [0.1, 0.15) is 10.4 Å². The summed E-state index contributed by atoms with van der Waals surface area (Å²) in [5.41, 5.74) is 4.23. The molecule has 0 unspecified atom stereocenters. The van der Waals surface area contributed by atoms with Crippen LogP contribution in [-0.4, -0.2) is 29.5 Å². The summed E-state index contributed by atoms with van der Waals surface area (Å²) in [4.78, 5) is 18.4. The van der Waals surface area contributed by atoms with E-state index in [-0.39, 0.29) is 5.91 Å². The van der Waals surface area contributed by atoms with Crippen LogP contribution in [0.5, 0.6) is 11.5 Å². The van der Waals surface area contributed by atoms with E-state index in [0.29, 0.717) is 17.0 Å². The summed E-state index contributed by atoms with van der Waals surface area (Å²) in [7, 11) is 3.25. The van der Waals surface area contributed by atoms with E-state index in [0.717, 1.165) is 32.2 Å².